The van der Waals surface area contributed by atoms with Crippen LogP contribution >= 0.6 is 0 Å². The van der Waals surface area contributed by atoms with Crippen LogP contribution in [0, 0.1) is 0 Å². The molecule has 0 aromatic heterocycles. The number of nitrogens with one attached hydrogen (secondary N) is 2. The molecule has 5 heteroatoms. The van der Waals surface area contributed by atoms with Crippen molar-refractivity contribution in [3.8, 4) is 11.5 Å². The highest BCUT2D eigenvalue weighted by atomic mass is 16.6. The topological polar surface area (TPSA) is 59.6 Å². The lowest BCUT2D eigenvalue weighted by atomic mass is 10.1. The van der Waals surface area contributed by atoms with E-state index in [1.807, 2.05) is 66.7 Å². The monoisotopic (exact) mass is 388 g/mol. The van der Waals surface area contributed by atoms with Crippen LogP contribution in [0.1, 0.15) is 34.5 Å². The summed E-state index contributed by atoms with van der Waals surface area (Å²) in [6.45, 7) is 4.01. The van der Waals surface area contributed by atoms with Gasteiger partial charge in [0.25, 0.3) is 5.91 Å². The maximum Gasteiger partial charge on any atom is 0.255 e. The molecule has 0 saturated heterocycles. The molecule has 3 aromatic carbocycles. The van der Waals surface area contributed by atoms with Crippen molar-refractivity contribution >= 4 is 11.6 Å². The van der Waals surface area contributed by atoms with Gasteiger partial charge in [-0.2, -0.15) is 0 Å². The molecule has 0 saturated carbocycles. The SMILES string of the molecule is C[C@H](NCc1ccc(C(=O)Nc2ccccc2)cc1)c1ccc2c(c1)OCCO2. The number of hydrogen-bond acceptors (Lipinski definition) is 4. The molecular weight excluding hydrogens is 364 g/mol. The Hall–Kier alpha value is -3.31. The first-order chi connectivity index (χ1) is 14.2. The van der Waals surface area contributed by atoms with Crippen LogP contribution in [-0.4, -0.2) is 19.1 Å². The van der Waals surface area contributed by atoms with Gasteiger partial charge in [0.1, 0.15) is 13.2 Å². The third-order valence-corrected chi connectivity index (χ3v) is 4.93. The van der Waals surface area contributed by atoms with E-state index < -0.39 is 0 Å². The molecule has 3 aromatic rings. The standard InChI is InChI=1S/C24H24N2O3/c1-17(20-11-12-22-23(15-20)29-14-13-28-22)25-16-18-7-9-19(10-8-18)24(27)26-21-5-3-2-4-6-21/h2-12,15,17,25H,13-14,16H2,1H3,(H,26,27)/t17-/m0/s1. The van der Waals surface area contributed by atoms with Crippen LogP contribution in [0.15, 0.2) is 72.8 Å². The van der Waals surface area contributed by atoms with Gasteiger partial charge in [-0.05, 0) is 54.4 Å². The van der Waals surface area contributed by atoms with Crippen molar-refractivity contribution < 1.29 is 14.3 Å². The lowest BCUT2D eigenvalue weighted by Gasteiger charge is -2.21. The average Bonchev–Trinajstić information content (AvgIpc) is 2.78. The van der Waals surface area contributed by atoms with Gasteiger partial charge in [0, 0.05) is 23.8 Å². The van der Waals surface area contributed by atoms with Gasteiger partial charge in [0.15, 0.2) is 11.5 Å². The third-order valence-electron chi connectivity index (χ3n) is 4.93. The molecule has 1 amide bonds. The van der Waals surface area contributed by atoms with Crippen molar-refractivity contribution in [2.75, 3.05) is 18.5 Å². The molecule has 0 bridgehead atoms. The summed E-state index contributed by atoms with van der Waals surface area (Å²) < 4.78 is 11.2. The van der Waals surface area contributed by atoms with E-state index in [1.165, 1.54) is 0 Å². The first-order valence-corrected chi connectivity index (χ1v) is 9.77. The highest BCUT2D eigenvalue weighted by Crippen LogP contribution is 2.32. The lowest BCUT2D eigenvalue weighted by molar-refractivity contribution is 0.102. The lowest BCUT2D eigenvalue weighted by Crippen LogP contribution is -2.19. The second kappa shape index (κ2) is 8.80. The summed E-state index contributed by atoms with van der Waals surface area (Å²) in [6.07, 6.45) is 0. The third kappa shape index (κ3) is 4.76. The number of anilines is 1. The van der Waals surface area contributed by atoms with Crippen LogP contribution < -0.4 is 20.1 Å². The number of rotatable bonds is 6. The van der Waals surface area contributed by atoms with Crippen LogP contribution in [-0.2, 0) is 6.54 Å². The molecule has 4 rings (SSSR count). The Morgan fingerprint density at radius 1 is 0.931 bits per heavy atom. The molecule has 29 heavy (non-hydrogen) atoms. The second-order valence-corrected chi connectivity index (χ2v) is 7.02. The molecule has 0 fully saturated rings. The summed E-state index contributed by atoms with van der Waals surface area (Å²) in [5, 5.41) is 6.41. The fourth-order valence-corrected chi connectivity index (χ4v) is 3.22. The van der Waals surface area contributed by atoms with E-state index in [1.54, 1.807) is 0 Å². The summed E-state index contributed by atoms with van der Waals surface area (Å²) in [6, 6.07) is 23.3. The molecular formula is C24H24N2O3. The average molecular weight is 388 g/mol. The van der Waals surface area contributed by atoms with Gasteiger partial charge in [-0.25, -0.2) is 0 Å². The highest BCUT2D eigenvalue weighted by molar-refractivity contribution is 6.04. The van der Waals surface area contributed by atoms with E-state index in [2.05, 4.69) is 23.6 Å². The minimum Gasteiger partial charge on any atom is -0.486 e. The zero-order valence-corrected chi connectivity index (χ0v) is 16.4. The van der Waals surface area contributed by atoms with Crippen LogP contribution in [0.2, 0.25) is 0 Å². The number of ether oxygens (including phenoxy) is 2. The van der Waals surface area contributed by atoms with Gasteiger partial charge in [-0.15, -0.1) is 0 Å². The first kappa shape index (κ1) is 19.0. The summed E-state index contributed by atoms with van der Waals surface area (Å²) in [7, 11) is 0. The summed E-state index contributed by atoms with van der Waals surface area (Å²) in [4.78, 5) is 12.3. The number of amides is 1. The number of carbonyl (C=O) groups excluding carboxylic acids is 1. The molecule has 0 radical (unpaired) electrons. The molecule has 5 nitrogen and oxygen atoms in total. The molecule has 148 valence electrons. The van der Waals surface area contributed by atoms with E-state index >= 15 is 0 Å². The van der Waals surface area contributed by atoms with Gasteiger partial charge >= 0.3 is 0 Å². The van der Waals surface area contributed by atoms with E-state index in [-0.39, 0.29) is 11.9 Å². The Balaban J connectivity index is 1.33. The van der Waals surface area contributed by atoms with Crippen molar-refractivity contribution in [2.45, 2.75) is 19.5 Å². The van der Waals surface area contributed by atoms with Gasteiger partial charge < -0.3 is 20.1 Å². The number of hydrogen-bond donors (Lipinski definition) is 2. The zero-order valence-electron chi connectivity index (χ0n) is 16.4. The summed E-state index contributed by atoms with van der Waals surface area (Å²) in [5.74, 6) is 1.49. The smallest absolute Gasteiger partial charge is 0.255 e. The Kier molecular flexibility index (Phi) is 5.77. The van der Waals surface area contributed by atoms with Crippen molar-refractivity contribution in [3.63, 3.8) is 0 Å². The molecule has 1 heterocycles. The zero-order chi connectivity index (χ0) is 20.1. The Morgan fingerprint density at radius 3 is 2.41 bits per heavy atom. The number of carbonyl (C=O) groups is 1. The van der Waals surface area contributed by atoms with Crippen LogP contribution in [0.3, 0.4) is 0 Å². The van der Waals surface area contributed by atoms with Gasteiger partial charge in [0.05, 0.1) is 0 Å². The van der Waals surface area contributed by atoms with E-state index in [4.69, 9.17) is 9.47 Å². The van der Waals surface area contributed by atoms with Crippen molar-refractivity contribution in [1.29, 1.82) is 0 Å². The van der Waals surface area contributed by atoms with Crippen LogP contribution in [0.4, 0.5) is 5.69 Å². The summed E-state index contributed by atoms with van der Waals surface area (Å²) >= 11 is 0. The first-order valence-electron chi connectivity index (χ1n) is 9.77. The molecule has 2 N–H and O–H groups in total. The van der Waals surface area contributed by atoms with Gasteiger partial charge in [0.2, 0.25) is 0 Å². The van der Waals surface area contributed by atoms with E-state index in [0.717, 1.165) is 28.3 Å². The summed E-state index contributed by atoms with van der Waals surface area (Å²) in [5.41, 5.74) is 3.69. The van der Waals surface area contributed by atoms with Crippen molar-refractivity contribution in [3.05, 3.63) is 89.5 Å². The number of fused-ring (bicyclic) bond motifs is 1. The van der Waals surface area contributed by atoms with Crippen LogP contribution in [0.25, 0.3) is 0 Å². The fourth-order valence-electron chi connectivity index (χ4n) is 3.22. The quantitative estimate of drug-likeness (QED) is 0.650. The fraction of sp³-hybridized carbons (Fsp3) is 0.208. The van der Waals surface area contributed by atoms with Gasteiger partial charge in [-0.3, -0.25) is 4.79 Å². The number of benzene rings is 3. The highest BCUT2D eigenvalue weighted by Gasteiger charge is 2.14. The predicted molar refractivity (Wildman–Crippen MR) is 114 cm³/mol. The number of para-hydroxylation sites is 1. The van der Waals surface area contributed by atoms with Crippen molar-refractivity contribution in [1.82, 2.24) is 5.32 Å². The molecule has 0 unspecified atom stereocenters. The maximum absolute atomic E-state index is 12.3. The minimum atomic E-state index is -0.111. The van der Waals surface area contributed by atoms with Crippen molar-refractivity contribution in [2.24, 2.45) is 0 Å². The normalized spacial score (nSPS) is 13.6. The maximum atomic E-state index is 12.3. The Labute approximate surface area is 170 Å². The predicted octanol–water partition coefficient (Wildman–Crippen LogP) is 4.56. The molecule has 0 spiro atoms. The van der Waals surface area contributed by atoms with E-state index in [0.29, 0.717) is 25.3 Å². The largest absolute Gasteiger partial charge is 0.486 e. The molecule has 1 atom stereocenters. The second-order valence-electron chi connectivity index (χ2n) is 7.02. The van der Waals surface area contributed by atoms with E-state index in [9.17, 15) is 4.79 Å². The Morgan fingerprint density at radius 2 is 1.66 bits per heavy atom. The van der Waals surface area contributed by atoms with Gasteiger partial charge in [-0.1, -0.05) is 36.4 Å². The Bertz CT molecular complexity index is 971. The molecule has 0 aliphatic carbocycles. The molecule has 1 aliphatic rings. The molecule has 1 aliphatic heterocycles. The minimum absolute atomic E-state index is 0.111. The van der Waals surface area contributed by atoms with Crippen LogP contribution in [0.5, 0.6) is 11.5 Å².